The molecule has 0 aromatic carbocycles. The van der Waals surface area contributed by atoms with E-state index in [1.165, 1.54) is 0 Å². The van der Waals surface area contributed by atoms with Crippen molar-refractivity contribution in [3.05, 3.63) is 0 Å². The van der Waals surface area contributed by atoms with Crippen molar-refractivity contribution in [2.75, 3.05) is 0 Å². The van der Waals surface area contributed by atoms with Crippen LogP contribution in [0.1, 0.15) is 13.8 Å². The molecule has 1 heterocycles. The minimum atomic E-state index is -4.60. The number of esters is 1. The van der Waals surface area contributed by atoms with Crippen LogP contribution in [0.15, 0.2) is 4.99 Å². The van der Waals surface area contributed by atoms with Crippen LogP contribution >= 0.6 is 0 Å². The fourth-order valence-electron chi connectivity index (χ4n) is 0.892. The molecule has 13 heavy (non-hydrogen) atoms. The Morgan fingerprint density at radius 3 is 2.23 bits per heavy atom. The number of hydrogen-bond acceptors (Lipinski definition) is 3. The first-order chi connectivity index (χ1) is 5.82. The fraction of sp³-hybridized carbons (Fsp3) is 0.714. The molecule has 0 radical (unpaired) electrons. The molecule has 0 fully saturated rings. The molecule has 0 spiro atoms. The van der Waals surface area contributed by atoms with Gasteiger partial charge in [0, 0.05) is 5.92 Å². The van der Waals surface area contributed by atoms with Crippen molar-refractivity contribution in [1.82, 2.24) is 0 Å². The van der Waals surface area contributed by atoms with Crippen LogP contribution in [0.3, 0.4) is 0 Å². The van der Waals surface area contributed by atoms with Crippen LogP contribution in [0.2, 0.25) is 0 Å². The molecule has 0 amide bonds. The Morgan fingerprint density at radius 1 is 1.46 bits per heavy atom. The minimum absolute atomic E-state index is 0.151. The predicted molar refractivity (Wildman–Crippen MR) is 38.2 cm³/mol. The number of nitrogens with zero attached hydrogens (tertiary/aromatic N) is 1. The highest BCUT2D eigenvalue weighted by Crippen LogP contribution is 2.28. The first-order valence-corrected chi connectivity index (χ1v) is 3.67. The van der Waals surface area contributed by atoms with E-state index < -0.39 is 18.4 Å². The molecule has 1 atom stereocenters. The van der Waals surface area contributed by atoms with Gasteiger partial charge in [-0.05, 0) is 0 Å². The second-order valence-corrected chi connectivity index (χ2v) is 2.97. The monoisotopic (exact) mass is 195 g/mol. The Bertz CT molecular complexity index is 257. The molecule has 0 aliphatic carbocycles. The molecule has 1 aliphatic rings. The number of carbonyl (C=O) groups excluding carboxylic acids is 1. The van der Waals surface area contributed by atoms with Crippen molar-refractivity contribution < 1.29 is 22.7 Å². The summed E-state index contributed by atoms with van der Waals surface area (Å²) in [6.07, 6.45) is -6.91. The molecule has 1 aliphatic heterocycles. The molecule has 0 N–H and O–H groups in total. The van der Waals surface area contributed by atoms with Crippen molar-refractivity contribution in [2.24, 2.45) is 10.9 Å². The zero-order valence-electron chi connectivity index (χ0n) is 7.05. The smallest absolute Gasteiger partial charge is 0.425 e. The van der Waals surface area contributed by atoms with Crippen LogP contribution in [-0.2, 0) is 9.53 Å². The highest BCUT2D eigenvalue weighted by atomic mass is 19.4. The summed E-state index contributed by atoms with van der Waals surface area (Å²) < 4.78 is 40.0. The third-order valence-electron chi connectivity index (χ3n) is 1.51. The predicted octanol–water partition coefficient (Wildman–Crippen LogP) is 1.53. The summed E-state index contributed by atoms with van der Waals surface area (Å²) in [5.41, 5.74) is -0.151. The van der Waals surface area contributed by atoms with E-state index in [-0.39, 0.29) is 11.6 Å². The van der Waals surface area contributed by atoms with Crippen LogP contribution in [0.25, 0.3) is 0 Å². The maximum atomic E-state index is 12.0. The molecule has 0 bridgehead atoms. The average Bonchev–Trinajstić information content (AvgIpc) is 2.29. The lowest BCUT2D eigenvalue weighted by molar-refractivity contribution is -0.210. The minimum Gasteiger partial charge on any atom is -0.425 e. The molecule has 3 nitrogen and oxygen atoms in total. The number of alkyl halides is 3. The molecule has 0 aromatic rings. The van der Waals surface area contributed by atoms with Gasteiger partial charge in [0.1, 0.15) is 5.71 Å². The van der Waals surface area contributed by atoms with E-state index in [0.717, 1.165) is 0 Å². The Balaban J connectivity index is 2.84. The van der Waals surface area contributed by atoms with E-state index in [1.54, 1.807) is 13.8 Å². The van der Waals surface area contributed by atoms with Gasteiger partial charge in [-0.2, -0.15) is 13.2 Å². The van der Waals surface area contributed by atoms with Gasteiger partial charge in [-0.25, -0.2) is 9.79 Å². The largest absolute Gasteiger partial charge is 0.447 e. The lowest BCUT2D eigenvalue weighted by Crippen LogP contribution is -2.27. The maximum Gasteiger partial charge on any atom is 0.447 e. The second kappa shape index (κ2) is 3.01. The highest BCUT2D eigenvalue weighted by molar-refractivity contribution is 6.38. The SMILES string of the molecule is CC(C)C1=NC(C(F)(F)F)OC1=O. The summed E-state index contributed by atoms with van der Waals surface area (Å²) in [7, 11) is 0. The first kappa shape index (κ1) is 10.0. The molecule has 0 saturated heterocycles. The van der Waals surface area contributed by atoms with Gasteiger partial charge in [0.05, 0.1) is 0 Å². The number of rotatable bonds is 1. The number of ether oxygens (including phenoxy) is 1. The Kier molecular flexibility index (Phi) is 2.32. The third-order valence-corrected chi connectivity index (χ3v) is 1.51. The zero-order valence-corrected chi connectivity index (χ0v) is 7.05. The van der Waals surface area contributed by atoms with E-state index in [2.05, 4.69) is 9.73 Å². The number of cyclic esters (lactones) is 1. The summed E-state index contributed by atoms with van der Waals surface area (Å²) >= 11 is 0. The van der Waals surface area contributed by atoms with Crippen molar-refractivity contribution >= 4 is 11.7 Å². The lowest BCUT2D eigenvalue weighted by Gasteiger charge is -2.09. The van der Waals surface area contributed by atoms with Crippen LogP contribution in [0.4, 0.5) is 13.2 Å². The quantitative estimate of drug-likeness (QED) is 0.595. The summed E-state index contributed by atoms with van der Waals surface area (Å²) in [4.78, 5) is 14.0. The maximum absolute atomic E-state index is 12.0. The standard InChI is InChI=1S/C7H8F3NO2/c1-3(2)4-5(12)13-6(11-4)7(8,9)10/h3,6H,1-2H3. The molecular weight excluding hydrogens is 187 g/mol. The lowest BCUT2D eigenvalue weighted by atomic mass is 10.1. The van der Waals surface area contributed by atoms with Crippen LogP contribution in [0.5, 0.6) is 0 Å². The summed E-state index contributed by atoms with van der Waals surface area (Å²) in [5.74, 6) is -1.32. The Labute approximate surface area is 72.6 Å². The fourth-order valence-corrected chi connectivity index (χ4v) is 0.892. The molecule has 6 heteroatoms. The van der Waals surface area contributed by atoms with E-state index in [4.69, 9.17) is 0 Å². The first-order valence-electron chi connectivity index (χ1n) is 3.67. The molecular formula is C7H8F3NO2. The number of hydrogen-bond donors (Lipinski definition) is 0. The molecule has 0 saturated carbocycles. The topological polar surface area (TPSA) is 38.7 Å². The van der Waals surface area contributed by atoms with E-state index in [9.17, 15) is 18.0 Å². The second-order valence-electron chi connectivity index (χ2n) is 2.97. The summed E-state index contributed by atoms with van der Waals surface area (Å²) in [6.45, 7) is 3.16. The van der Waals surface area contributed by atoms with Crippen LogP contribution < -0.4 is 0 Å². The number of aliphatic imine (C=N–C) groups is 1. The van der Waals surface area contributed by atoms with Crippen molar-refractivity contribution in [2.45, 2.75) is 26.3 Å². The van der Waals surface area contributed by atoms with E-state index in [0.29, 0.717) is 0 Å². The van der Waals surface area contributed by atoms with E-state index >= 15 is 0 Å². The van der Waals surface area contributed by atoms with Gasteiger partial charge in [0.2, 0.25) is 0 Å². The van der Waals surface area contributed by atoms with Gasteiger partial charge >= 0.3 is 12.1 Å². The van der Waals surface area contributed by atoms with E-state index in [1.807, 2.05) is 0 Å². The third kappa shape index (κ3) is 1.99. The van der Waals surface area contributed by atoms with Gasteiger partial charge in [0.15, 0.2) is 0 Å². The molecule has 74 valence electrons. The van der Waals surface area contributed by atoms with Gasteiger partial charge in [0.25, 0.3) is 6.23 Å². The van der Waals surface area contributed by atoms with Crippen LogP contribution in [0, 0.1) is 5.92 Å². The van der Waals surface area contributed by atoms with Crippen molar-refractivity contribution in [1.29, 1.82) is 0 Å². The highest BCUT2D eigenvalue weighted by Gasteiger charge is 2.47. The van der Waals surface area contributed by atoms with Gasteiger partial charge in [-0.15, -0.1) is 0 Å². The Morgan fingerprint density at radius 2 is 2.00 bits per heavy atom. The normalized spacial score (nSPS) is 23.4. The molecule has 1 rings (SSSR count). The molecule has 0 aromatic heterocycles. The zero-order chi connectivity index (χ0) is 10.2. The van der Waals surface area contributed by atoms with Crippen LogP contribution in [-0.4, -0.2) is 24.1 Å². The van der Waals surface area contributed by atoms with Gasteiger partial charge in [-0.1, -0.05) is 13.8 Å². The number of halogens is 3. The van der Waals surface area contributed by atoms with Crippen molar-refractivity contribution in [3.63, 3.8) is 0 Å². The van der Waals surface area contributed by atoms with Gasteiger partial charge in [-0.3, -0.25) is 0 Å². The van der Waals surface area contributed by atoms with Crippen molar-refractivity contribution in [3.8, 4) is 0 Å². The molecule has 1 unspecified atom stereocenters. The summed E-state index contributed by atoms with van der Waals surface area (Å²) in [6, 6.07) is 0. The van der Waals surface area contributed by atoms with Gasteiger partial charge < -0.3 is 4.74 Å². The number of carbonyl (C=O) groups is 1. The average molecular weight is 195 g/mol. The Hall–Kier alpha value is -1.07. The summed E-state index contributed by atoms with van der Waals surface area (Å²) in [5, 5.41) is 0.